The van der Waals surface area contributed by atoms with Gasteiger partial charge in [0, 0.05) is 38.2 Å². The quantitative estimate of drug-likeness (QED) is 0.140. The Bertz CT molecular complexity index is 4980. The third kappa shape index (κ3) is 9.27. The van der Waals surface area contributed by atoms with E-state index in [-0.39, 0.29) is 16.7 Å². The molecule has 0 bridgehead atoms. The molecule has 0 spiro atoms. The molecule has 406 valence electrons. The van der Waals surface area contributed by atoms with E-state index < -0.39 is 29.0 Å². The largest absolute Gasteiger partial charge is 0.417 e. The summed E-state index contributed by atoms with van der Waals surface area (Å²) in [5, 5.41) is 53.1. The highest BCUT2D eigenvalue weighted by atomic mass is 19.4. The van der Waals surface area contributed by atoms with Crippen LogP contribution in [0.3, 0.4) is 0 Å². The van der Waals surface area contributed by atoms with Crippen LogP contribution in [0.2, 0.25) is 0 Å². The number of alkyl halides is 6. The zero-order chi connectivity index (χ0) is 59.6. The maximum Gasteiger partial charge on any atom is 0.417 e. The van der Waals surface area contributed by atoms with Crippen molar-refractivity contribution in [2.24, 2.45) is 0 Å². The summed E-state index contributed by atoms with van der Waals surface area (Å²) >= 11 is 0. The lowest BCUT2D eigenvalue weighted by Crippen LogP contribution is -2.14. The first kappa shape index (κ1) is 53.4. The van der Waals surface area contributed by atoms with Crippen LogP contribution in [-0.2, 0) is 12.4 Å². The summed E-state index contributed by atoms with van der Waals surface area (Å²) in [6.07, 6.45) is -10.4. The maximum atomic E-state index is 15.3. The Hall–Kier alpha value is -12.0. The number of aromatic nitrogens is 2. The predicted octanol–water partition coefficient (Wildman–Crippen LogP) is 19.3. The fraction of sp³-hybridized carbons (Fsp3) is 0.0274. The van der Waals surface area contributed by atoms with Gasteiger partial charge in [0.25, 0.3) is 0 Å². The number of fused-ring (bicyclic) bond motifs is 6. The van der Waals surface area contributed by atoms with Crippen LogP contribution in [0.5, 0.6) is 0 Å². The number of hydrogen-bond donors (Lipinski definition) is 0. The summed E-state index contributed by atoms with van der Waals surface area (Å²) in [4.78, 5) is 0. The average molecular weight is 1130 g/mol. The molecule has 0 saturated carbocycles. The van der Waals surface area contributed by atoms with Crippen molar-refractivity contribution >= 4 is 43.6 Å². The molecule has 13 rings (SSSR count). The van der Waals surface area contributed by atoms with Gasteiger partial charge >= 0.3 is 12.4 Å². The van der Waals surface area contributed by atoms with E-state index in [2.05, 4.69) is 30.3 Å². The van der Waals surface area contributed by atoms with Crippen molar-refractivity contribution < 1.29 is 26.3 Å². The van der Waals surface area contributed by atoms with Crippen molar-refractivity contribution in [3.8, 4) is 108 Å². The second-order valence-electron chi connectivity index (χ2n) is 20.7. The molecule has 0 aliphatic heterocycles. The minimum absolute atomic E-state index is 0.200. The van der Waals surface area contributed by atoms with Gasteiger partial charge < -0.3 is 9.13 Å². The van der Waals surface area contributed by atoms with Crippen LogP contribution < -0.4 is 0 Å². The van der Waals surface area contributed by atoms with Crippen LogP contribution in [0.15, 0.2) is 224 Å². The van der Waals surface area contributed by atoms with Crippen molar-refractivity contribution in [1.82, 2.24) is 9.13 Å². The van der Waals surface area contributed by atoms with Crippen LogP contribution in [0.4, 0.5) is 26.3 Å². The molecule has 0 aliphatic rings. The lowest BCUT2D eigenvalue weighted by atomic mass is 9.90. The zero-order valence-corrected chi connectivity index (χ0v) is 44.8. The van der Waals surface area contributed by atoms with E-state index in [9.17, 15) is 26.3 Å². The molecule has 0 unspecified atom stereocenters. The minimum atomic E-state index is -5.22. The van der Waals surface area contributed by atoms with E-state index in [1.165, 1.54) is 18.2 Å². The molecule has 0 saturated heterocycles. The topological polar surface area (TPSA) is 129 Å². The van der Waals surface area contributed by atoms with Crippen molar-refractivity contribution in [2.75, 3.05) is 0 Å². The molecule has 7 nitrogen and oxygen atoms in total. The Morgan fingerprint density at radius 3 is 0.930 bits per heavy atom. The number of nitrogens with zero attached hydrogens (tertiary/aromatic N) is 7. The normalized spacial score (nSPS) is 11.5. The van der Waals surface area contributed by atoms with Gasteiger partial charge in [-0.05, 0) is 184 Å². The van der Waals surface area contributed by atoms with E-state index in [1.807, 2.05) is 106 Å². The second-order valence-corrected chi connectivity index (χ2v) is 20.7. The highest BCUT2D eigenvalue weighted by Crippen LogP contribution is 2.49. The summed E-state index contributed by atoms with van der Waals surface area (Å²) < 4.78 is 95.6. The van der Waals surface area contributed by atoms with Crippen LogP contribution in [0.25, 0.3) is 122 Å². The van der Waals surface area contributed by atoms with Crippen LogP contribution in [-0.4, -0.2) is 9.13 Å². The third-order valence-electron chi connectivity index (χ3n) is 15.7. The minimum Gasteiger partial charge on any atom is -0.309 e. The summed E-state index contributed by atoms with van der Waals surface area (Å²) in [6.45, 7) is 0. The van der Waals surface area contributed by atoms with E-state index >= 15 is 26.3 Å². The van der Waals surface area contributed by atoms with Gasteiger partial charge in [-0.25, -0.2) is 0 Å². The van der Waals surface area contributed by atoms with Gasteiger partial charge in [-0.15, -0.1) is 0 Å². The standard InChI is InChI=1S/C73H37F6N7/c74-72(75,76)63-14-5-15-64(73(77,78)79)71(63)56-21-27-65(85-66-23-17-52(48-10-1-6-43(28-48)38-80)33-59(66)60-34-53(18-24-67(60)85)49-11-2-7-44(29-49)39-81)58(37-56)57-22-16-47(42-84)32-70(57)86-68-25-19-54(50-12-3-8-45(30-50)40-82)35-61(68)62-36-55(20-26-69(62)86)51-13-4-9-46(31-51)41-83/h1-37H. The molecule has 0 fully saturated rings. The molecule has 0 atom stereocenters. The molecule has 0 N–H and O–H groups in total. The van der Waals surface area contributed by atoms with Crippen molar-refractivity contribution in [3.63, 3.8) is 0 Å². The van der Waals surface area contributed by atoms with E-state index in [4.69, 9.17) is 0 Å². The first-order valence-corrected chi connectivity index (χ1v) is 26.8. The number of hydrogen-bond acceptors (Lipinski definition) is 5. The number of benzene rings is 11. The van der Waals surface area contributed by atoms with Crippen molar-refractivity contribution in [2.45, 2.75) is 12.4 Å². The molecular weight excluding hydrogens is 1090 g/mol. The molecule has 0 radical (unpaired) electrons. The van der Waals surface area contributed by atoms with E-state index in [1.54, 1.807) is 91.0 Å². The summed E-state index contributed by atoms with van der Waals surface area (Å²) in [5.74, 6) is 0. The van der Waals surface area contributed by atoms with Crippen LogP contribution >= 0.6 is 0 Å². The molecular formula is C73H37F6N7. The lowest BCUT2D eigenvalue weighted by Gasteiger charge is -2.22. The van der Waals surface area contributed by atoms with Gasteiger partial charge in [0.15, 0.2) is 0 Å². The monoisotopic (exact) mass is 1130 g/mol. The molecule has 86 heavy (non-hydrogen) atoms. The smallest absolute Gasteiger partial charge is 0.309 e. The van der Waals surface area contributed by atoms with Gasteiger partial charge in [-0.2, -0.15) is 52.7 Å². The fourth-order valence-corrected chi connectivity index (χ4v) is 11.8. The average Bonchev–Trinajstić information content (AvgIpc) is 2.24. The van der Waals surface area contributed by atoms with E-state index in [0.717, 1.165) is 61.3 Å². The molecule has 0 aliphatic carbocycles. The van der Waals surface area contributed by atoms with Gasteiger partial charge in [-0.3, -0.25) is 0 Å². The van der Waals surface area contributed by atoms with Gasteiger partial charge in [0.2, 0.25) is 0 Å². The van der Waals surface area contributed by atoms with Crippen molar-refractivity contribution in [1.29, 1.82) is 26.3 Å². The third-order valence-corrected chi connectivity index (χ3v) is 15.7. The Morgan fingerprint density at radius 1 is 0.267 bits per heavy atom. The Labute approximate surface area is 487 Å². The van der Waals surface area contributed by atoms with Crippen LogP contribution in [0.1, 0.15) is 38.9 Å². The predicted molar refractivity (Wildman–Crippen MR) is 321 cm³/mol. The molecule has 11 aromatic carbocycles. The Morgan fingerprint density at radius 2 is 0.581 bits per heavy atom. The number of nitriles is 5. The van der Waals surface area contributed by atoms with Crippen LogP contribution in [0, 0.1) is 56.7 Å². The first-order chi connectivity index (χ1) is 41.6. The highest BCUT2D eigenvalue weighted by molar-refractivity contribution is 6.14. The molecule has 13 aromatic rings. The molecule has 13 heteroatoms. The van der Waals surface area contributed by atoms with E-state index in [0.29, 0.717) is 84.2 Å². The SMILES string of the molecule is N#Cc1cccc(-c2ccc3c(c2)c2cc(-c4cccc(C#N)c4)ccc2n3-c2ccc(-c3c(C(F)(F)F)cccc3C(F)(F)F)cc2-c2ccc(C#N)cc2-n2c3ccc(-c4cccc(C#N)c4)cc3c3cc(-c4cccc(C#N)c4)ccc32)c1. The summed E-state index contributed by atoms with van der Waals surface area (Å²) in [7, 11) is 0. The Kier molecular flexibility index (Phi) is 12.9. The number of rotatable bonds is 8. The fourth-order valence-electron chi connectivity index (χ4n) is 11.8. The molecule has 0 amide bonds. The maximum absolute atomic E-state index is 15.3. The highest BCUT2D eigenvalue weighted by Gasteiger charge is 2.41. The first-order valence-electron chi connectivity index (χ1n) is 26.8. The van der Waals surface area contributed by atoms with Gasteiger partial charge in [0.1, 0.15) is 0 Å². The lowest BCUT2D eigenvalue weighted by molar-refractivity contribution is -0.142. The summed E-state index contributed by atoms with van der Waals surface area (Å²) in [5.41, 5.74) is 7.32. The zero-order valence-electron chi connectivity index (χ0n) is 44.8. The second kappa shape index (κ2) is 20.8. The van der Waals surface area contributed by atoms with Gasteiger partial charge in [0.05, 0.1) is 103 Å². The van der Waals surface area contributed by atoms with Crippen molar-refractivity contribution in [3.05, 3.63) is 263 Å². The Balaban J connectivity index is 1.15. The van der Waals surface area contributed by atoms with Gasteiger partial charge in [-0.1, -0.05) is 91.0 Å². The molecule has 2 aromatic heterocycles. The summed E-state index contributed by atoms with van der Waals surface area (Å²) in [6, 6.07) is 73.8. The molecule has 2 heterocycles. The number of halogens is 6.